The highest BCUT2D eigenvalue weighted by Gasteiger charge is 2.04. The van der Waals surface area contributed by atoms with Gasteiger partial charge >= 0.3 is 0 Å². The zero-order valence-electron chi connectivity index (χ0n) is 8.71. The normalized spacial score (nSPS) is 9.59. The van der Waals surface area contributed by atoms with E-state index in [1.165, 1.54) is 0 Å². The van der Waals surface area contributed by atoms with Crippen molar-refractivity contribution in [3.05, 3.63) is 52.0 Å². The summed E-state index contributed by atoms with van der Waals surface area (Å²) in [4.78, 5) is 0. The van der Waals surface area contributed by atoms with Gasteiger partial charge in [0.25, 0.3) is 0 Å². The Morgan fingerprint density at radius 2 is 1.71 bits per heavy atom. The Morgan fingerprint density at radius 3 is 2.29 bits per heavy atom. The average Bonchev–Trinajstić information content (AvgIpc) is 2.32. The van der Waals surface area contributed by atoms with Crippen molar-refractivity contribution in [3.63, 3.8) is 0 Å². The molecule has 1 nitrogen and oxygen atoms in total. The molecule has 0 aromatic heterocycles. The van der Waals surface area contributed by atoms with Gasteiger partial charge in [0, 0.05) is 15.1 Å². The molecule has 0 aliphatic heterocycles. The Bertz CT molecular complexity index is 494. The predicted molar refractivity (Wildman–Crippen MR) is 77.9 cm³/mol. The van der Waals surface area contributed by atoms with Crippen molar-refractivity contribution in [2.75, 3.05) is 7.11 Å². The first-order valence-electron chi connectivity index (χ1n) is 4.80. The summed E-state index contributed by atoms with van der Waals surface area (Å²) in [7, 11) is 1.65. The third-order valence-corrected chi connectivity index (χ3v) is 3.15. The summed E-state index contributed by atoms with van der Waals surface area (Å²) < 4.78 is 6.13. The first-order valence-corrected chi connectivity index (χ1v) is 5.97. The zero-order chi connectivity index (χ0) is 11.5. The Hall–Kier alpha value is -0.990. The largest absolute Gasteiger partial charge is 0.497 e. The Balaban J connectivity index is 0.00000144. The number of rotatable bonds is 2. The van der Waals surface area contributed by atoms with Gasteiger partial charge in [0.1, 0.15) is 5.75 Å². The monoisotopic (exact) mass is 312 g/mol. The number of halogens is 2. The van der Waals surface area contributed by atoms with E-state index in [-0.39, 0.29) is 7.43 Å². The molecule has 0 unspecified atom stereocenters. The van der Waals surface area contributed by atoms with E-state index in [2.05, 4.69) is 15.9 Å². The molecule has 2 aromatic carbocycles. The third kappa shape index (κ3) is 3.24. The van der Waals surface area contributed by atoms with Crippen molar-refractivity contribution in [1.82, 2.24) is 0 Å². The van der Waals surface area contributed by atoms with Crippen LogP contribution in [0.15, 0.2) is 46.9 Å². The predicted octanol–water partition coefficient (Wildman–Crippen LogP) is 5.41. The SMILES string of the molecule is C.COc1ccc(-c2cc(Br)ccc2Cl)cc1. The van der Waals surface area contributed by atoms with Crippen LogP contribution >= 0.6 is 27.5 Å². The molecule has 2 rings (SSSR count). The van der Waals surface area contributed by atoms with Gasteiger partial charge < -0.3 is 4.74 Å². The van der Waals surface area contributed by atoms with Crippen LogP contribution in [0.5, 0.6) is 5.75 Å². The van der Waals surface area contributed by atoms with Crippen molar-refractivity contribution < 1.29 is 4.74 Å². The van der Waals surface area contributed by atoms with Crippen LogP contribution in [-0.2, 0) is 0 Å². The van der Waals surface area contributed by atoms with Gasteiger partial charge in [-0.1, -0.05) is 47.1 Å². The Kier molecular flexibility index (Phi) is 5.03. The topological polar surface area (TPSA) is 9.23 Å². The molecule has 0 spiro atoms. The van der Waals surface area contributed by atoms with Gasteiger partial charge in [-0.2, -0.15) is 0 Å². The van der Waals surface area contributed by atoms with Gasteiger partial charge in [0.05, 0.1) is 7.11 Å². The number of benzene rings is 2. The lowest BCUT2D eigenvalue weighted by Crippen LogP contribution is -1.83. The lowest BCUT2D eigenvalue weighted by molar-refractivity contribution is 0.415. The summed E-state index contributed by atoms with van der Waals surface area (Å²) >= 11 is 9.59. The molecule has 3 heteroatoms. The summed E-state index contributed by atoms with van der Waals surface area (Å²) in [6.07, 6.45) is 0. The fourth-order valence-corrected chi connectivity index (χ4v) is 2.08. The molecule has 0 heterocycles. The molecule has 0 N–H and O–H groups in total. The molecule has 0 fully saturated rings. The summed E-state index contributed by atoms with van der Waals surface area (Å²) in [5.74, 6) is 0.842. The lowest BCUT2D eigenvalue weighted by Gasteiger charge is -2.06. The summed E-state index contributed by atoms with van der Waals surface area (Å²) in [5.41, 5.74) is 2.09. The highest BCUT2D eigenvalue weighted by atomic mass is 79.9. The van der Waals surface area contributed by atoms with Crippen molar-refractivity contribution in [2.24, 2.45) is 0 Å². The first-order chi connectivity index (χ1) is 7.70. The van der Waals surface area contributed by atoms with Crippen LogP contribution in [0, 0.1) is 0 Å². The van der Waals surface area contributed by atoms with E-state index in [1.807, 2.05) is 42.5 Å². The molecule has 0 amide bonds. The van der Waals surface area contributed by atoms with Crippen molar-refractivity contribution >= 4 is 27.5 Å². The molecule has 0 radical (unpaired) electrons. The molecule has 0 saturated heterocycles. The van der Waals surface area contributed by atoms with Crippen molar-refractivity contribution in [2.45, 2.75) is 7.43 Å². The van der Waals surface area contributed by atoms with Crippen LogP contribution < -0.4 is 4.74 Å². The molecule has 0 bridgehead atoms. The smallest absolute Gasteiger partial charge is 0.118 e. The Labute approximate surface area is 116 Å². The molecule has 17 heavy (non-hydrogen) atoms. The van der Waals surface area contributed by atoms with E-state index in [4.69, 9.17) is 16.3 Å². The summed E-state index contributed by atoms with van der Waals surface area (Å²) in [6.45, 7) is 0. The second-order valence-corrected chi connectivity index (χ2v) is 4.68. The molecule has 2 aromatic rings. The third-order valence-electron chi connectivity index (χ3n) is 2.33. The van der Waals surface area contributed by atoms with E-state index >= 15 is 0 Å². The van der Waals surface area contributed by atoms with E-state index in [0.29, 0.717) is 0 Å². The maximum atomic E-state index is 6.15. The number of hydrogen-bond donors (Lipinski definition) is 0. The average molecular weight is 314 g/mol. The number of hydrogen-bond acceptors (Lipinski definition) is 1. The van der Waals surface area contributed by atoms with Gasteiger partial charge in [0.15, 0.2) is 0 Å². The molecule has 0 saturated carbocycles. The van der Waals surface area contributed by atoms with E-state index < -0.39 is 0 Å². The van der Waals surface area contributed by atoms with Gasteiger partial charge in [-0.05, 0) is 35.9 Å². The minimum Gasteiger partial charge on any atom is -0.497 e. The molecular formula is C14H14BrClO. The second kappa shape index (κ2) is 6.08. The second-order valence-electron chi connectivity index (χ2n) is 3.35. The fraction of sp³-hybridized carbons (Fsp3) is 0.143. The molecule has 0 aliphatic rings. The lowest BCUT2D eigenvalue weighted by atomic mass is 10.1. The van der Waals surface area contributed by atoms with Crippen LogP contribution in [-0.4, -0.2) is 7.11 Å². The quantitative estimate of drug-likeness (QED) is 0.720. The van der Waals surface area contributed by atoms with E-state index in [1.54, 1.807) is 7.11 Å². The van der Waals surface area contributed by atoms with E-state index in [0.717, 1.165) is 26.4 Å². The molecular weight excluding hydrogens is 300 g/mol. The maximum absolute atomic E-state index is 6.15. The van der Waals surface area contributed by atoms with Gasteiger partial charge in [-0.25, -0.2) is 0 Å². The van der Waals surface area contributed by atoms with Gasteiger partial charge in [-0.3, -0.25) is 0 Å². The van der Waals surface area contributed by atoms with Crippen molar-refractivity contribution in [3.8, 4) is 16.9 Å². The van der Waals surface area contributed by atoms with Crippen LogP contribution in [0.25, 0.3) is 11.1 Å². The number of ether oxygens (including phenoxy) is 1. The summed E-state index contributed by atoms with van der Waals surface area (Å²) in [5, 5.41) is 0.744. The minimum absolute atomic E-state index is 0. The highest BCUT2D eigenvalue weighted by molar-refractivity contribution is 9.10. The zero-order valence-corrected chi connectivity index (χ0v) is 11.0. The standard InChI is InChI=1S/C13H10BrClO.CH4/c1-16-11-5-2-9(3-6-11)12-8-10(14)4-7-13(12)15;/h2-8H,1H3;1H4. The fourth-order valence-electron chi connectivity index (χ4n) is 1.49. The van der Waals surface area contributed by atoms with Crippen LogP contribution in [0.2, 0.25) is 5.02 Å². The molecule has 90 valence electrons. The number of methoxy groups -OCH3 is 1. The van der Waals surface area contributed by atoms with Gasteiger partial charge in [0.2, 0.25) is 0 Å². The van der Waals surface area contributed by atoms with Crippen LogP contribution in [0.1, 0.15) is 7.43 Å². The molecule has 0 aliphatic carbocycles. The molecule has 0 atom stereocenters. The summed E-state index contributed by atoms with van der Waals surface area (Å²) in [6, 6.07) is 13.6. The maximum Gasteiger partial charge on any atom is 0.118 e. The first kappa shape index (κ1) is 14.1. The van der Waals surface area contributed by atoms with Crippen molar-refractivity contribution in [1.29, 1.82) is 0 Å². The highest BCUT2D eigenvalue weighted by Crippen LogP contribution is 2.31. The minimum atomic E-state index is 0. The van der Waals surface area contributed by atoms with Crippen LogP contribution in [0.3, 0.4) is 0 Å². The Morgan fingerprint density at radius 1 is 1.06 bits per heavy atom. The van der Waals surface area contributed by atoms with Gasteiger partial charge in [-0.15, -0.1) is 0 Å². The van der Waals surface area contributed by atoms with Crippen LogP contribution in [0.4, 0.5) is 0 Å². The van der Waals surface area contributed by atoms with E-state index in [9.17, 15) is 0 Å².